The van der Waals surface area contributed by atoms with Crippen molar-refractivity contribution in [2.45, 2.75) is 45.2 Å². The Morgan fingerprint density at radius 3 is 2.96 bits per heavy atom. The molecule has 0 bridgehead atoms. The fourth-order valence-corrected chi connectivity index (χ4v) is 5.88. The van der Waals surface area contributed by atoms with E-state index in [1.54, 1.807) is 27.7 Å². The van der Waals surface area contributed by atoms with Crippen molar-refractivity contribution in [2.75, 3.05) is 5.75 Å². The Morgan fingerprint density at radius 1 is 1.42 bits per heavy atom. The molecule has 0 spiro atoms. The number of rotatable bonds is 3. The van der Waals surface area contributed by atoms with Crippen LogP contribution in [0.3, 0.4) is 0 Å². The SMILES string of the molecule is CCSc1nc2sc3c(c2c(=O)n1-c1ccc(C)c(Cl)c1)CCC(C)C3. The summed E-state index contributed by atoms with van der Waals surface area (Å²) in [5, 5.41) is 2.23. The molecule has 2 aromatic heterocycles. The first-order chi connectivity index (χ1) is 12.5. The summed E-state index contributed by atoms with van der Waals surface area (Å²) in [4.78, 5) is 20.6. The van der Waals surface area contributed by atoms with Crippen LogP contribution in [-0.2, 0) is 12.8 Å². The van der Waals surface area contributed by atoms with Crippen molar-refractivity contribution in [3.63, 3.8) is 0 Å². The fourth-order valence-electron chi connectivity index (χ4n) is 3.55. The van der Waals surface area contributed by atoms with E-state index in [4.69, 9.17) is 16.6 Å². The van der Waals surface area contributed by atoms with E-state index in [1.807, 2.05) is 25.1 Å². The number of hydrogen-bond acceptors (Lipinski definition) is 4. The number of nitrogens with zero attached hydrogens (tertiary/aromatic N) is 2. The summed E-state index contributed by atoms with van der Waals surface area (Å²) in [6.07, 6.45) is 3.17. The standard InChI is InChI=1S/C20H21ClN2OS2/c1-4-25-20-22-18-17(14-8-5-11(2)9-16(14)26-18)19(24)23(20)13-7-6-12(3)15(21)10-13/h6-7,10-11H,4-5,8-9H2,1-3H3. The number of halogens is 1. The fraction of sp³-hybridized carbons (Fsp3) is 0.400. The molecule has 136 valence electrons. The highest BCUT2D eigenvalue weighted by atomic mass is 35.5. The second-order valence-corrected chi connectivity index (χ2v) is 9.66. The minimum atomic E-state index is 0.0397. The minimum absolute atomic E-state index is 0.0397. The second kappa shape index (κ2) is 7.02. The van der Waals surface area contributed by atoms with Gasteiger partial charge in [0.25, 0.3) is 5.56 Å². The summed E-state index contributed by atoms with van der Waals surface area (Å²) in [6, 6.07) is 5.78. The number of thioether (sulfide) groups is 1. The van der Waals surface area contributed by atoms with Crippen molar-refractivity contribution < 1.29 is 0 Å². The predicted molar refractivity (Wildman–Crippen MR) is 113 cm³/mol. The predicted octanol–water partition coefficient (Wildman–Crippen LogP) is 5.65. The van der Waals surface area contributed by atoms with Crippen LogP contribution >= 0.6 is 34.7 Å². The van der Waals surface area contributed by atoms with Gasteiger partial charge in [-0.1, -0.05) is 43.3 Å². The zero-order valence-electron chi connectivity index (χ0n) is 15.1. The molecule has 2 heterocycles. The number of fused-ring (bicyclic) bond motifs is 3. The summed E-state index contributed by atoms with van der Waals surface area (Å²) in [6.45, 7) is 6.33. The maximum absolute atomic E-state index is 13.5. The highest BCUT2D eigenvalue weighted by Crippen LogP contribution is 2.37. The van der Waals surface area contributed by atoms with Crippen LogP contribution in [0, 0.1) is 12.8 Å². The molecule has 3 aromatic rings. The Morgan fingerprint density at radius 2 is 2.23 bits per heavy atom. The number of hydrogen-bond donors (Lipinski definition) is 0. The molecule has 0 saturated heterocycles. The van der Waals surface area contributed by atoms with Gasteiger partial charge in [0.15, 0.2) is 5.16 Å². The van der Waals surface area contributed by atoms with Crippen molar-refractivity contribution >= 4 is 44.9 Å². The average molecular weight is 405 g/mol. The molecule has 6 heteroatoms. The van der Waals surface area contributed by atoms with E-state index < -0.39 is 0 Å². The average Bonchev–Trinajstić information content (AvgIpc) is 2.95. The molecule has 1 aliphatic rings. The Hall–Kier alpha value is -1.30. The van der Waals surface area contributed by atoms with Gasteiger partial charge < -0.3 is 0 Å². The van der Waals surface area contributed by atoms with Gasteiger partial charge >= 0.3 is 0 Å². The normalized spacial score (nSPS) is 16.8. The summed E-state index contributed by atoms with van der Waals surface area (Å²) in [5.74, 6) is 1.54. The van der Waals surface area contributed by atoms with E-state index in [2.05, 4.69) is 13.8 Å². The first-order valence-corrected chi connectivity index (χ1v) is 11.1. The quantitative estimate of drug-likeness (QED) is 0.418. The number of benzene rings is 1. The third-order valence-electron chi connectivity index (χ3n) is 4.99. The van der Waals surface area contributed by atoms with E-state index >= 15 is 0 Å². The number of aryl methyl sites for hydroxylation is 2. The Kier molecular flexibility index (Phi) is 4.88. The van der Waals surface area contributed by atoms with Gasteiger partial charge in [0.2, 0.25) is 0 Å². The van der Waals surface area contributed by atoms with Crippen molar-refractivity contribution in [1.82, 2.24) is 9.55 Å². The molecule has 3 nitrogen and oxygen atoms in total. The van der Waals surface area contributed by atoms with E-state index in [9.17, 15) is 4.79 Å². The maximum Gasteiger partial charge on any atom is 0.267 e. The molecule has 0 saturated carbocycles. The molecule has 4 rings (SSSR count). The highest BCUT2D eigenvalue weighted by Gasteiger charge is 2.25. The van der Waals surface area contributed by atoms with Gasteiger partial charge in [-0.15, -0.1) is 11.3 Å². The molecular weight excluding hydrogens is 384 g/mol. The van der Waals surface area contributed by atoms with E-state index in [1.165, 1.54) is 10.4 Å². The Labute approximate surface area is 166 Å². The van der Waals surface area contributed by atoms with Gasteiger partial charge in [-0.2, -0.15) is 0 Å². The molecule has 1 unspecified atom stereocenters. The largest absolute Gasteiger partial charge is 0.268 e. The van der Waals surface area contributed by atoms with Crippen molar-refractivity contribution in [2.24, 2.45) is 5.92 Å². The molecule has 0 aliphatic heterocycles. The van der Waals surface area contributed by atoms with Crippen LogP contribution in [0.1, 0.15) is 36.3 Å². The minimum Gasteiger partial charge on any atom is -0.268 e. The van der Waals surface area contributed by atoms with Crippen LogP contribution in [0.15, 0.2) is 28.2 Å². The second-order valence-electron chi connectivity index (χ2n) is 6.93. The summed E-state index contributed by atoms with van der Waals surface area (Å²) < 4.78 is 1.74. The van der Waals surface area contributed by atoms with Crippen molar-refractivity contribution in [3.8, 4) is 5.69 Å². The summed E-state index contributed by atoms with van der Waals surface area (Å²) in [7, 11) is 0. The van der Waals surface area contributed by atoms with Gasteiger partial charge in [0, 0.05) is 9.90 Å². The zero-order valence-corrected chi connectivity index (χ0v) is 17.5. The van der Waals surface area contributed by atoms with Crippen LogP contribution in [0.2, 0.25) is 5.02 Å². The van der Waals surface area contributed by atoms with Gasteiger partial charge in [0.1, 0.15) is 4.83 Å². The topological polar surface area (TPSA) is 34.9 Å². The van der Waals surface area contributed by atoms with Gasteiger partial charge in [-0.25, -0.2) is 4.98 Å². The van der Waals surface area contributed by atoms with Crippen LogP contribution in [0.5, 0.6) is 0 Å². The van der Waals surface area contributed by atoms with Crippen LogP contribution in [-0.4, -0.2) is 15.3 Å². The van der Waals surface area contributed by atoms with Gasteiger partial charge in [-0.3, -0.25) is 9.36 Å². The maximum atomic E-state index is 13.5. The number of aromatic nitrogens is 2. The highest BCUT2D eigenvalue weighted by molar-refractivity contribution is 7.99. The first-order valence-electron chi connectivity index (χ1n) is 8.96. The Balaban J connectivity index is 2.01. The molecule has 1 aromatic carbocycles. The van der Waals surface area contributed by atoms with E-state index in [0.29, 0.717) is 10.9 Å². The third kappa shape index (κ3) is 3.00. The molecule has 0 N–H and O–H groups in total. The van der Waals surface area contributed by atoms with Crippen LogP contribution in [0.4, 0.5) is 0 Å². The van der Waals surface area contributed by atoms with Gasteiger partial charge in [0.05, 0.1) is 11.1 Å². The lowest BCUT2D eigenvalue weighted by atomic mass is 9.89. The smallest absolute Gasteiger partial charge is 0.267 e. The monoisotopic (exact) mass is 404 g/mol. The molecule has 1 atom stereocenters. The van der Waals surface area contributed by atoms with Crippen molar-refractivity contribution in [3.05, 3.63) is 49.6 Å². The molecule has 1 aliphatic carbocycles. The molecular formula is C20H21ClN2OS2. The lowest BCUT2D eigenvalue weighted by Gasteiger charge is -2.18. The van der Waals surface area contributed by atoms with Crippen LogP contribution in [0.25, 0.3) is 15.9 Å². The third-order valence-corrected chi connectivity index (χ3v) is 7.36. The lowest BCUT2D eigenvalue weighted by molar-refractivity contribution is 0.509. The van der Waals surface area contributed by atoms with Gasteiger partial charge in [-0.05, 0) is 61.1 Å². The molecule has 0 fully saturated rings. The van der Waals surface area contributed by atoms with E-state index in [0.717, 1.165) is 51.6 Å². The van der Waals surface area contributed by atoms with E-state index in [-0.39, 0.29) is 5.56 Å². The Bertz CT molecular complexity index is 1050. The first kappa shape index (κ1) is 18.1. The summed E-state index contributed by atoms with van der Waals surface area (Å²) in [5.41, 5.74) is 3.06. The lowest BCUT2D eigenvalue weighted by Crippen LogP contribution is -2.22. The molecule has 26 heavy (non-hydrogen) atoms. The number of thiophene rings is 1. The van der Waals surface area contributed by atoms with Crippen molar-refractivity contribution in [1.29, 1.82) is 0 Å². The molecule has 0 amide bonds. The summed E-state index contributed by atoms with van der Waals surface area (Å²) >= 11 is 9.63. The molecule has 0 radical (unpaired) electrons. The van der Waals surface area contributed by atoms with Crippen LogP contribution < -0.4 is 5.56 Å². The zero-order chi connectivity index (χ0) is 18.4.